The highest BCUT2D eigenvalue weighted by Gasteiger charge is 2.08. The smallest absolute Gasteiger partial charge is 0.311 e. The van der Waals surface area contributed by atoms with Crippen LogP contribution < -0.4 is 5.73 Å². The van der Waals surface area contributed by atoms with Gasteiger partial charge in [0.1, 0.15) is 0 Å². The van der Waals surface area contributed by atoms with E-state index in [1.165, 1.54) is 30.6 Å². The van der Waals surface area contributed by atoms with E-state index in [0.717, 1.165) is 6.21 Å². The Labute approximate surface area is 129 Å². The fourth-order valence-electron chi connectivity index (χ4n) is 1.32. The molecule has 0 saturated carbocycles. The number of aromatic nitrogens is 1. The Balaban J connectivity index is 0.000000220. The van der Waals surface area contributed by atoms with E-state index in [0.29, 0.717) is 10.8 Å². The molecule has 0 spiro atoms. The lowest BCUT2D eigenvalue weighted by Gasteiger charge is -2.01. The number of ether oxygens (including phenoxy) is 1. The summed E-state index contributed by atoms with van der Waals surface area (Å²) in [5.74, 6) is -1.76. The van der Waals surface area contributed by atoms with Gasteiger partial charge in [0.25, 0.3) is 0 Å². The fourth-order valence-corrected chi connectivity index (χ4v) is 1.89. The number of phenols is 3. The zero-order valence-electron chi connectivity index (χ0n) is 11.6. The Morgan fingerprint density at radius 2 is 2.09 bits per heavy atom. The van der Waals surface area contributed by atoms with Crippen LogP contribution in [0.15, 0.2) is 17.5 Å². The minimum absolute atomic E-state index is 0.167. The SMILES string of the molecule is COC(=O)Cc1csc(N)n1.N=Cc1ccc(O)c(O)c1O. The largest absolute Gasteiger partial charge is 0.504 e. The number of nitrogens with zero attached hydrogens (tertiary/aromatic N) is 1. The number of esters is 1. The van der Waals surface area contributed by atoms with Gasteiger partial charge in [-0.15, -0.1) is 11.3 Å². The number of thiazole rings is 1. The van der Waals surface area contributed by atoms with E-state index < -0.39 is 17.2 Å². The average molecular weight is 325 g/mol. The second-order valence-corrected chi connectivity index (χ2v) is 4.84. The lowest BCUT2D eigenvalue weighted by atomic mass is 10.2. The Kier molecular flexibility index (Phi) is 6.14. The lowest BCUT2D eigenvalue weighted by molar-refractivity contribution is -0.139. The molecule has 9 heteroatoms. The molecule has 0 aliphatic heterocycles. The van der Waals surface area contributed by atoms with Gasteiger partial charge in [-0.1, -0.05) is 0 Å². The number of rotatable bonds is 3. The standard InChI is InChI=1S/C7H7NO3.C6H8N2O2S/c8-3-4-1-2-5(9)7(11)6(4)10;1-10-5(9)2-4-3-11-6(7)8-4/h1-3,8-11H;3H,2H2,1H3,(H2,7,8). The van der Waals surface area contributed by atoms with E-state index in [4.69, 9.17) is 26.5 Å². The van der Waals surface area contributed by atoms with Crippen molar-refractivity contribution in [2.24, 2.45) is 0 Å². The Morgan fingerprint density at radius 1 is 1.41 bits per heavy atom. The van der Waals surface area contributed by atoms with Crippen LogP contribution in [0.5, 0.6) is 17.2 Å². The number of hydrogen-bond donors (Lipinski definition) is 5. The number of aromatic hydroxyl groups is 3. The highest BCUT2D eigenvalue weighted by Crippen LogP contribution is 2.35. The summed E-state index contributed by atoms with van der Waals surface area (Å²) in [7, 11) is 1.35. The van der Waals surface area contributed by atoms with Gasteiger partial charge in [-0.25, -0.2) is 4.98 Å². The Bertz CT molecular complexity index is 672. The van der Waals surface area contributed by atoms with Gasteiger partial charge in [0, 0.05) is 17.2 Å². The Morgan fingerprint density at radius 3 is 2.59 bits per heavy atom. The molecule has 2 rings (SSSR count). The van der Waals surface area contributed by atoms with Crippen LogP contribution in [-0.4, -0.2) is 39.6 Å². The van der Waals surface area contributed by atoms with Crippen LogP contribution in [0.1, 0.15) is 11.3 Å². The summed E-state index contributed by atoms with van der Waals surface area (Å²) >= 11 is 1.32. The Hall–Kier alpha value is -2.81. The number of benzene rings is 1. The summed E-state index contributed by atoms with van der Waals surface area (Å²) in [6, 6.07) is 2.53. The van der Waals surface area contributed by atoms with Crippen molar-refractivity contribution in [2.45, 2.75) is 6.42 Å². The summed E-state index contributed by atoms with van der Waals surface area (Å²) < 4.78 is 4.45. The lowest BCUT2D eigenvalue weighted by Crippen LogP contribution is -2.04. The van der Waals surface area contributed by atoms with Crippen LogP contribution >= 0.6 is 11.3 Å². The summed E-state index contributed by atoms with van der Waals surface area (Å²) in [4.78, 5) is 14.6. The quantitative estimate of drug-likeness (QED) is 0.323. The molecule has 0 amide bonds. The highest BCUT2D eigenvalue weighted by atomic mass is 32.1. The molecule has 0 fully saturated rings. The molecule has 1 aromatic heterocycles. The number of phenolic OH excluding ortho intramolecular Hbond substituents is 3. The first kappa shape index (κ1) is 17.2. The minimum atomic E-state index is -0.592. The average Bonchev–Trinajstić information content (AvgIpc) is 2.91. The number of carbonyl (C=O) groups is 1. The first-order valence-electron chi connectivity index (χ1n) is 5.90. The third kappa shape index (κ3) is 4.63. The van der Waals surface area contributed by atoms with E-state index >= 15 is 0 Å². The molecular formula is C13H15N3O5S. The van der Waals surface area contributed by atoms with Crippen LogP contribution in [0.4, 0.5) is 5.13 Å². The van der Waals surface area contributed by atoms with Gasteiger partial charge < -0.3 is 31.2 Å². The summed E-state index contributed by atoms with van der Waals surface area (Å²) in [5, 5.41) is 35.8. The van der Waals surface area contributed by atoms with Crippen LogP contribution in [0.3, 0.4) is 0 Å². The number of nitrogen functional groups attached to an aromatic ring is 1. The van der Waals surface area contributed by atoms with Crippen LogP contribution in [-0.2, 0) is 16.0 Å². The number of anilines is 1. The second-order valence-electron chi connectivity index (χ2n) is 3.95. The van der Waals surface area contributed by atoms with E-state index in [-0.39, 0.29) is 18.0 Å². The van der Waals surface area contributed by atoms with Crippen molar-refractivity contribution in [3.63, 3.8) is 0 Å². The minimum Gasteiger partial charge on any atom is -0.504 e. The van der Waals surface area contributed by atoms with Crippen molar-refractivity contribution in [1.82, 2.24) is 4.98 Å². The molecule has 0 bridgehead atoms. The number of methoxy groups -OCH3 is 1. The molecule has 0 atom stereocenters. The highest BCUT2D eigenvalue weighted by molar-refractivity contribution is 7.13. The predicted molar refractivity (Wildman–Crippen MR) is 81.6 cm³/mol. The van der Waals surface area contributed by atoms with Crippen molar-refractivity contribution in [3.8, 4) is 17.2 Å². The molecule has 0 radical (unpaired) electrons. The zero-order valence-corrected chi connectivity index (χ0v) is 12.4. The van der Waals surface area contributed by atoms with Gasteiger partial charge in [0.15, 0.2) is 16.6 Å². The molecule has 6 N–H and O–H groups in total. The van der Waals surface area contributed by atoms with Crippen molar-refractivity contribution in [1.29, 1.82) is 5.41 Å². The molecule has 118 valence electrons. The van der Waals surface area contributed by atoms with Crippen LogP contribution in [0, 0.1) is 5.41 Å². The molecule has 1 aromatic carbocycles. The second kappa shape index (κ2) is 7.84. The van der Waals surface area contributed by atoms with E-state index in [1.54, 1.807) is 5.38 Å². The summed E-state index contributed by atoms with van der Waals surface area (Å²) in [5.41, 5.74) is 6.18. The van der Waals surface area contributed by atoms with Crippen molar-refractivity contribution in [3.05, 3.63) is 28.8 Å². The third-order valence-electron chi connectivity index (χ3n) is 2.44. The first-order valence-corrected chi connectivity index (χ1v) is 6.78. The predicted octanol–water partition coefficient (Wildman–Crippen LogP) is 1.24. The molecule has 22 heavy (non-hydrogen) atoms. The molecule has 0 unspecified atom stereocenters. The van der Waals surface area contributed by atoms with Crippen LogP contribution in [0.25, 0.3) is 0 Å². The molecular weight excluding hydrogens is 310 g/mol. The summed E-state index contributed by atoms with van der Waals surface area (Å²) in [6.45, 7) is 0. The number of hydrogen-bond acceptors (Lipinski definition) is 9. The van der Waals surface area contributed by atoms with Gasteiger partial charge in [-0.2, -0.15) is 0 Å². The number of carbonyl (C=O) groups excluding carboxylic acids is 1. The maximum Gasteiger partial charge on any atom is 0.311 e. The van der Waals surface area contributed by atoms with Gasteiger partial charge >= 0.3 is 5.97 Å². The molecule has 0 saturated heterocycles. The molecule has 0 aliphatic rings. The van der Waals surface area contributed by atoms with Crippen molar-refractivity contribution in [2.75, 3.05) is 12.8 Å². The molecule has 2 aromatic rings. The van der Waals surface area contributed by atoms with Crippen molar-refractivity contribution < 1.29 is 24.9 Å². The number of nitrogens with one attached hydrogen (secondary N) is 1. The third-order valence-corrected chi connectivity index (χ3v) is 3.16. The fraction of sp³-hybridized carbons (Fsp3) is 0.154. The van der Waals surface area contributed by atoms with Crippen molar-refractivity contribution >= 4 is 28.7 Å². The topological polar surface area (TPSA) is 150 Å². The van der Waals surface area contributed by atoms with Crippen LogP contribution in [0.2, 0.25) is 0 Å². The molecule has 1 heterocycles. The van der Waals surface area contributed by atoms with E-state index in [9.17, 15) is 4.79 Å². The van der Waals surface area contributed by atoms with Gasteiger partial charge in [-0.05, 0) is 12.1 Å². The maximum absolute atomic E-state index is 10.7. The first-order chi connectivity index (χ1) is 10.4. The normalized spacial score (nSPS) is 9.50. The summed E-state index contributed by atoms with van der Waals surface area (Å²) in [6.07, 6.45) is 1.08. The van der Waals surface area contributed by atoms with E-state index in [1.807, 2.05) is 0 Å². The van der Waals surface area contributed by atoms with Gasteiger partial charge in [0.2, 0.25) is 5.75 Å². The van der Waals surface area contributed by atoms with Gasteiger partial charge in [0.05, 0.1) is 19.2 Å². The van der Waals surface area contributed by atoms with Gasteiger partial charge in [-0.3, -0.25) is 4.79 Å². The number of nitrogens with two attached hydrogens (primary N) is 1. The molecule has 0 aliphatic carbocycles. The zero-order chi connectivity index (χ0) is 16.7. The molecule has 8 nitrogen and oxygen atoms in total. The maximum atomic E-state index is 10.7. The van der Waals surface area contributed by atoms with E-state index in [2.05, 4.69) is 9.72 Å². The monoisotopic (exact) mass is 325 g/mol.